The maximum atomic E-state index is 13.0. The summed E-state index contributed by atoms with van der Waals surface area (Å²) in [6.07, 6.45) is 1.60. The number of carbonyl (C=O) groups excluding carboxylic acids is 2. The van der Waals surface area contributed by atoms with Gasteiger partial charge in [0.25, 0.3) is 11.8 Å². The van der Waals surface area contributed by atoms with E-state index in [0.717, 1.165) is 4.88 Å². The number of anilines is 1. The third-order valence-corrected chi connectivity index (χ3v) is 4.28. The SMILES string of the molecule is O=C(Nc1ccc(F)cc1)C(=Cc1cccs1)NC(=O)c1ccccc1. The molecular formula is C20H15FN2O2S. The van der Waals surface area contributed by atoms with Gasteiger partial charge in [-0.15, -0.1) is 11.3 Å². The fourth-order valence-corrected chi connectivity index (χ4v) is 2.85. The van der Waals surface area contributed by atoms with Crippen LogP contribution in [0.3, 0.4) is 0 Å². The van der Waals surface area contributed by atoms with Gasteiger partial charge in [-0.05, 0) is 53.9 Å². The van der Waals surface area contributed by atoms with Gasteiger partial charge in [-0.1, -0.05) is 24.3 Å². The molecule has 0 fully saturated rings. The lowest BCUT2D eigenvalue weighted by Gasteiger charge is -2.11. The van der Waals surface area contributed by atoms with E-state index in [0.29, 0.717) is 11.3 Å². The average molecular weight is 366 g/mol. The third kappa shape index (κ3) is 4.64. The minimum atomic E-state index is -0.491. The summed E-state index contributed by atoms with van der Waals surface area (Å²) in [5.74, 6) is -1.27. The number of nitrogens with one attached hydrogen (secondary N) is 2. The largest absolute Gasteiger partial charge is 0.321 e. The monoisotopic (exact) mass is 366 g/mol. The van der Waals surface area contributed by atoms with Crippen molar-refractivity contribution in [1.29, 1.82) is 0 Å². The van der Waals surface area contributed by atoms with Crippen LogP contribution in [0.2, 0.25) is 0 Å². The summed E-state index contributed by atoms with van der Waals surface area (Å²) < 4.78 is 13.0. The van der Waals surface area contributed by atoms with Crippen molar-refractivity contribution >= 4 is 34.9 Å². The van der Waals surface area contributed by atoms with Crippen molar-refractivity contribution in [3.63, 3.8) is 0 Å². The fraction of sp³-hybridized carbons (Fsp3) is 0. The minimum Gasteiger partial charge on any atom is -0.321 e. The molecule has 0 bridgehead atoms. The fourth-order valence-electron chi connectivity index (χ4n) is 2.19. The molecule has 0 aliphatic heterocycles. The Morgan fingerprint density at radius 2 is 1.65 bits per heavy atom. The van der Waals surface area contributed by atoms with Crippen LogP contribution >= 0.6 is 11.3 Å². The number of rotatable bonds is 5. The number of benzene rings is 2. The molecule has 130 valence electrons. The topological polar surface area (TPSA) is 58.2 Å². The lowest BCUT2D eigenvalue weighted by molar-refractivity contribution is -0.113. The molecular weight excluding hydrogens is 351 g/mol. The zero-order valence-corrected chi connectivity index (χ0v) is 14.4. The Morgan fingerprint density at radius 3 is 2.31 bits per heavy atom. The maximum absolute atomic E-state index is 13.0. The van der Waals surface area contributed by atoms with Crippen LogP contribution in [0.25, 0.3) is 6.08 Å². The van der Waals surface area contributed by atoms with Gasteiger partial charge < -0.3 is 10.6 Å². The second kappa shape index (κ2) is 8.22. The smallest absolute Gasteiger partial charge is 0.272 e. The number of carbonyl (C=O) groups is 2. The first-order valence-corrected chi connectivity index (χ1v) is 8.68. The van der Waals surface area contributed by atoms with Crippen molar-refractivity contribution in [1.82, 2.24) is 5.32 Å². The molecule has 2 aromatic carbocycles. The molecule has 6 heteroatoms. The number of hydrogen-bond donors (Lipinski definition) is 2. The van der Waals surface area contributed by atoms with Crippen molar-refractivity contribution in [3.8, 4) is 0 Å². The summed E-state index contributed by atoms with van der Waals surface area (Å²) >= 11 is 1.44. The Balaban J connectivity index is 1.82. The predicted molar refractivity (Wildman–Crippen MR) is 101 cm³/mol. The quantitative estimate of drug-likeness (QED) is 0.662. The van der Waals surface area contributed by atoms with E-state index in [2.05, 4.69) is 10.6 Å². The van der Waals surface area contributed by atoms with Crippen LogP contribution in [0.1, 0.15) is 15.2 Å². The molecule has 0 saturated heterocycles. The Morgan fingerprint density at radius 1 is 0.923 bits per heavy atom. The van der Waals surface area contributed by atoms with Gasteiger partial charge in [0.15, 0.2) is 0 Å². The summed E-state index contributed by atoms with van der Waals surface area (Å²) in [4.78, 5) is 25.8. The first kappa shape index (κ1) is 17.6. The zero-order valence-electron chi connectivity index (χ0n) is 13.6. The molecule has 0 spiro atoms. The standard InChI is InChI=1S/C20H15FN2O2S/c21-15-8-10-16(11-9-15)22-20(25)18(13-17-7-4-12-26-17)23-19(24)14-5-2-1-3-6-14/h1-13H,(H,22,25)(H,23,24). The zero-order chi connectivity index (χ0) is 18.4. The molecule has 1 aromatic heterocycles. The molecule has 0 atom stereocenters. The molecule has 3 rings (SSSR count). The van der Waals surface area contributed by atoms with Crippen LogP contribution in [0.15, 0.2) is 77.8 Å². The molecule has 26 heavy (non-hydrogen) atoms. The highest BCUT2D eigenvalue weighted by molar-refractivity contribution is 7.10. The lowest BCUT2D eigenvalue weighted by Crippen LogP contribution is -2.30. The van der Waals surface area contributed by atoms with Gasteiger partial charge in [-0.3, -0.25) is 9.59 Å². The minimum absolute atomic E-state index is 0.102. The maximum Gasteiger partial charge on any atom is 0.272 e. The van der Waals surface area contributed by atoms with Crippen LogP contribution in [-0.4, -0.2) is 11.8 Å². The molecule has 4 nitrogen and oxygen atoms in total. The molecule has 0 radical (unpaired) electrons. The second-order valence-corrected chi connectivity index (χ2v) is 6.33. The highest BCUT2D eigenvalue weighted by atomic mass is 32.1. The summed E-state index contributed by atoms with van der Waals surface area (Å²) in [7, 11) is 0. The van der Waals surface area contributed by atoms with Crippen molar-refractivity contribution in [3.05, 3.63) is 94.1 Å². The molecule has 0 aliphatic carbocycles. The molecule has 2 N–H and O–H groups in total. The molecule has 0 aliphatic rings. The van der Waals surface area contributed by atoms with Crippen LogP contribution in [0.5, 0.6) is 0 Å². The van der Waals surface area contributed by atoms with Crippen LogP contribution in [0.4, 0.5) is 10.1 Å². The Kier molecular flexibility index (Phi) is 5.56. The first-order valence-electron chi connectivity index (χ1n) is 7.80. The average Bonchev–Trinajstić information content (AvgIpc) is 3.17. The van der Waals surface area contributed by atoms with Gasteiger partial charge in [0.1, 0.15) is 11.5 Å². The van der Waals surface area contributed by atoms with Crippen molar-refractivity contribution < 1.29 is 14.0 Å². The number of halogens is 1. The molecule has 1 heterocycles. The number of amides is 2. The van der Waals surface area contributed by atoms with Gasteiger partial charge in [0, 0.05) is 16.1 Å². The Bertz CT molecular complexity index is 920. The highest BCUT2D eigenvalue weighted by Gasteiger charge is 2.15. The van der Waals surface area contributed by atoms with Crippen LogP contribution in [0, 0.1) is 5.82 Å². The van der Waals surface area contributed by atoms with Gasteiger partial charge in [0.2, 0.25) is 0 Å². The number of thiophene rings is 1. The third-order valence-electron chi connectivity index (χ3n) is 3.46. The molecule has 0 saturated carbocycles. The normalized spacial score (nSPS) is 11.0. The predicted octanol–water partition coefficient (Wildman–Crippen LogP) is 4.30. The van der Waals surface area contributed by atoms with Gasteiger partial charge >= 0.3 is 0 Å². The van der Waals surface area contributed by atoms with E-state index in [-0.39, 0.29) is 11.6 Å². The second-order valence-electron chi connectivity index (χ2n) is 5.35. The van der Waals surface area contributed by atoms with Crippen molar-refractivity contribution in [2.45, 2.75) is 0 Å². The Hall–Kier alpha value is -3.25. The summed E-state index contributed by atoms with van der Waals surface area (Å²) in [6, 6.07) is 17.7. The van der Waals surface area contributed by atoms with Gasteiger partial charge in [0.05, 0.1) is 0 Å². The molecule has 3 aromatic rings. The van der Waals surface area contributed by atoms with Crippen LogP contribution in [-0.2, 0) is 4.79 Å². The highest BCUT2D eigenvalue weighted by Crippen LogP contribution is 2.15. The first-order chi connectivity index (χ1) is 12.6. The van der Waals surface area contributed by atoms with Gasteiger partial charge in [-0.2, -0.15) is 0 Å². The molecule has 0 unspecified atom stereocenters. The van der Waals surface area contributed by atoms with E-state index in [9.17, 15) is 14.0 Å². The van der Waals surface area contributed by atoms with Gasteiger partial charge in [-0.25, -0.2) is 4.39 Å². The van der Waals surface area contributed by atoms with E-state index >= 15 is 0 Å². The van der Waals surface area contributed by atoms with E-state index < -0.39 is 11.7 Å². The van der Waals surface area contributed by atoms with Crippen LogP contribution < -0.4 is 10.6 Å². The van der Waals surface area contributed by atoms with E-state index in [1.807, 2.05) is 17.5 Å². The van der Waals surface area contributed by atoms with E-state index in [1.165, 1.54) is 35.6 Å². The summed E-state index contributed by atoms with van der Waals surface area (Å²) in [6.45, 7) is 0. The lowest BCUT2D eigenvalue weighted by atomic mass is 10.2. The van der Waals surface area contributed by atoms with E-state index in [1.54, 1.807) is 36.4 Å². The van der Waals surface area contributed by atoms with Crippen molar-refractivity contribution in [2.75, 3.05) is 5.32 Å². The summed E-state index contributed by atoms with van der Waals surface area (Å²) in [5, 5.41) is 7.18. The van der Waals surface area contributed by atoms with E-state index in [4.69, 9.17) is 0 Å². The summed E-state index contributed by atoms with van der Waals surface area (Å²) in [5.41, 5.74) is 0.979. The molecule has 2 amide bonds. The number of hydrogen-bond acceptors (Lipinski definition) is 3. The Labute approximate surface area is 154 Å². The van der Waals surface area contributed by atoms with Crippen molar-refractivity contribution in [2.24, 2.45) is 0 Å².